The Hall–Kier alpha value is -3.30. The van der Waals surface area contributed by atoms with Crippen LogP contribution in [-0.2, 0) is 11.1 Å². The Morgan fingerprint density at radius 3 is 2.11 bits per heavy atom. The van der Waals surface area contributed by atoms with Crippen LogP contribution in [0.15, 0.2) is 77.7 Å². The van der Waals surface area contributed by atoms with Gasteiger partial charge in [-0.15, -0.1) is 0 Å². The van der Waals surface area contributed by atoms with Gasteiger partial charge >= 0.3 is 5.69 Å². The maximum absolute atomic E-state index is 13.4. The van der Waals surface area contributed by atoms with Gasteiger partial charge in [0, 0.05) is 10.5 Å². The summed E-state index contributed by atoms with van der Waals surface area (Å²) in [4.78, 5) is 21.9. The van der Waals surface area contributed by atoms with Crippen LogP contribution in [0.2, 0.25) is 0 Å². The van der Waals surface area contributed by atoms with E-state index in [0.29, 0.717) is 0 Å². The lowest BCUT2D eigenvalue weighted by Gasteiger charge is -2.02. The Morgan fingerprint density at radius 1 is 0.929 bits per heavy atom. The monoisotopic (exact) mass is 404 g/mol. The quantitative estimate of drug-likeness (QED) is 0.283. The third kappa shape index (κ3) is 5.35. The second kappa shape index (κ2) is 9.58. The standard InChI is InChI=1S/C13H8FNO3.C6H5FO2S/c14-11-8-4-7-10(12(11)15(17)18)13(16)9-5-2-1-3-6-9;7-5-2-1-3-6(4-5)10(8)9/h1-8H;1-4H,(H,8,9)/p-1. The Balaban J connectivity index is 0.000000237. The molecule has 0 spiro atoms. The zero-order valence-corrected chi connectivity index (χ0v) is 14.9. The highest BCUT2D eigenvalue weighted by molar-refractivity contribution is 7.79. The SMILES string of the molecule is O=C(c1ccccc1)c1cccc(F)c1[N+](=O)[O-].O=S([O-])c1cccc(F)c1. The number of benzene rings is 3. The van der Waals surface area contributed by atoms with Crippen LogP contribution in [0.25, 0.3) is 0 Å². The Kier molecular flexibility index (Phi) is 7.19. The summed E-state index contributed by atoms with van der Waals surface area (Å²) < 4.78 is 46.0. The third-order valence-electron chi connectivity index (χ3n) is 3.44. The molecule has 3 rings (SSSR count). The van der Waals surface area contributed by atoms with Crippen molar-refractivity contribution in [2.45, 2.75) is 4.90 Å². The van der Waals surface area contributed by atoms with Gasteiger partial charge in [0.1, 0.15) is 11.4 Å². The van der Waals surface area contributed by atoms with E-state index < -0.39 is 39.1 Å². The smallest absolute Gasteiger partial charge is 0.315 e. The fourth-order valence-electron chi connectivity index (χ4n) is 2.20. The van der Waals surface area contributed by atoms with Crippen LogP contribution in [-0.4, -0.2) is 19.5 Å². The topological polar surface area (TPSA) is 100 Å². The predicted molar refractivity (Wildman–Crippen MR) is 96.5 cm³/mol. The van der Waals surface area contributed by atoms with E-state index in [0.717, 1.165) is 12.1 Å². The minimum Gasteiger partial charge on any atom is -0.768 e. The van der Waals surface area contributed by atoms with Crippen molar-refractivity contribution in [1.29, 1.82) is 0 Å². The molecule has 0 saturated carbocycles. The van der Waals surface area contributed by atoms with E-state index in [1.807, 2.05) is 0 Å². The minimum atomic E-state index is -2.33. The largest absolute Gasteiger partial charge is 0.768 e. The first-order valence-electron chi connectivity index (χ1n) is 7.68. The predicted octanol–water partition coefficient (Wildman–Crippen LogP) is 4.03. The zero-order chi connectivity index (χ0) is 20.7. The zero-order valence-electron chi connectivity index (χ0n) is 14.1. The van der Waals surface area contributed by atoms with Crippen LogP contribution < -0.4 is 0 Å². The molecular weight excluding hydrogens is 392 g/mol. The number of ketones is 1. The summed E-state index contributed by atoms with van der Waals surface area (Å²) in [5.74, 6) is -2.12. The normalized spacial score (nSPS) is 11.1. The van der Waals surface area contributed by atoms with Gasteiger partial charge in [-0.05, 0) is 41.4 Å². The number of carbonyl (C=O) groups is 1. The van der Waals surface area contributed by atoms with Crippen LogP contribution in [0.1, 0.15) is 15.9 Å². The summed E-state index contributed by atoms with van der Waals surface area (Å²) in [7, 11) is 0. The summed E-state index contributed by atoms with van der Waals surface area (Å²) in [5.41, 5.74) is -0.747. The second-order valence-electron chi connectivity index (χ2n) is 5.28. The molecule has 3 aromatic carbocycles. The molecule has 3 aromatic rings. The Bertz CT molecular complexity index is 1030. The van der Waals surface area contributed by atoms with Crippen molar-refractivity contribution in [3.05, 3.63) is 106 Å². The number of carbonyl (C=O) groups excluding carboxylic acids is 1. The molecule has 0 aliphatic heterocycles. The van der Waals surface area contributed by atoms with E-state index in [-0.39, 0.29) is 16.0 Å². The van der Waals surface area contributed by atoms with Gasteiger partial charge in [-0.25, -0.2) is 4.39 Å². The number of halogens is 2. The van der Waals surface area contributed by atoms with Gasteiger partial charge in [0.2, 0.25) is 5.82 Å². The Labute approximate surface area is 160 Å². The number of hydrogen-bond donors (Lipinski definition) is 0. The lowest BCUT2D eigenvalue weighted by Crippen LogP contribution is -2.06. The van der Waals surface area contributed by atoms with Gasteiger partial charge in [0.05, 0.1) is 4.92 Å². The van der Waals surface area contributed by atoms with E-state index in [4.69, 9.17) is 0 Å². The van der Waals surface area contributed by atoms with E-state index in [1.165, 1.54) is 42.5 Å². The molecule has 0 bridgehead atoms. The Morgan fingerprint density at radius 2 is 1.57 bits per heavy atom. The number of para-hydroxylation sites is 1. The first kappa shape index (κ1) is 21.0. The average Bonchev–Trinajstić information content (AvgIpc) is 2.68. The molecule has 0 saturated heterocycles. The van der Waals surface area contributed by atoms with Crippen LogP contribution in [0, 0.1) is 21.7 Å². The van der Waals surface area contributed by atoms with Crippen LogP contribution in [0.3, 0.4) is 0 Å². The molecule has 9 heteroatoms. The van der Waals surface area contributed by atoms with Crippen LogP contribution >= 0.6 is 0 Å². The van der Waals surface area contributed by atoms with E-state index >= 15 is 0 Å². The molecule has 144 valence electrons. The number of rotatable bonds is 4. The van der Waals surface area contributed by atoms with Crippen molar-refractivity contribution in [2.75, 3.05) is 0 Å². The van der Waals surface area contributed by atoms with Crippen molar-refractivity contribution < 1.29 is 27.3 Å². The molecular formula is C19H12F2NO5S-. The summed E-state index contributed by atoms with van der Waals surface area (Å²) in [5, 5.41) is 10.8. The molecule has 0 aromatic heterocycles. The van der Waals surface area contributed by atoms with Crippen molar-refractivity contribution in [2.24, 2.45) is 0 Å². The molecule has 28 heavy (non-hydrogen) atoms. The fourth-order valence-corrected chi connectivity index (χ4v) is 2.60. The molecule has 0 N–H and O–H groups in total. The first-order chi connectivity index (χ1) is 13.3. The lowest BCUT2D eigenvalue weighted by atomic mass is 10.0. The molecule has 0 heterocycles. The number of nitrogens with zero attached hydrogens (tertiary/aromatic N) is 1. The number of hydrogen-bond acceptors (Lipinski definition) is 5. The maximum Gasteiger partial charge on any atom is 0.315 e. The van der Waals surface area contributed by atoms with Crippen LogP contribution in [0.4, 0.5) is 14.5 Å². The van der Waals surface area contributed by atoms with Crippen molar-refractivity contribution in [3.63, 3.8) is 0 Å². The molecule has 0 amide bonds. The van der Waals surface area contributed by atoms with Crippen molar-refractivity contribution in [3.8, 4) is 0 Å². The van der Waals surface area contributed by atoms with E-state index in [9.17, 15) is 32.5 Å². The maximum atomic E-state index is 13.4. The molecule has 0 fully saturated rings. The van der Waals surface area contributed by atoms with Gasteiger partial charge in [0.25, 0.3) is 0 Å². The highest BCUT2D eigenvalue weighted by Gasteiger charge is 2.25. The highest BCUT2D eigenvalue weighted by Crippen LogP contribution is 2.24. The summed E-state index contributed by atoms with van der Waals surface area (Å²) in [6.45, 7) is 0. The first-order valence-corrected chi connectivity index (χ1v) is 8.76. The highest BCUT2D eigenvalue weighted by atomic mass is 32.2. The lowest BCUT2D eigenvalue weighted by molar-refractivity contribution is -0.387. The molecule has 1 atom stereocenters. The summed E-state index contributed by atoms with van der Waals surface area (Å²) >= 11 is -2.33. The van der Waals surface area contributed by atoms with Gasteiger partial charge in [-0.3, -0.25) is 19.1 Å². The average molecular weight is 404 g/mol. The van der Waals surface area contributed by atoms with Gasteiger partial charge in [0.15, 0.2) is 5.78 Å². The third-order valence-corrected chi connectivity index (χ3v) is 4.08. The van der Waals surface area contributed by atoms with Gasteiger partial charge in [-0.2, -0.15) is 4.39 Å². The summed E-state index contributed by atoms with van der Waals surface area (Å²) in [6.07, 6.45) is 0. The molecule has 1 unspecified atom stereocenters. The van der Waals surface area contributed by atoms with Gasteiger partial charge < -0.3 is 4.55 Å². The molecule has 0 aliphatic carbocycles. The molecule has 6 nitrogen and oxygen atoms in total. The minimum absolute atomic E-state index is 0.0278. The van der Waals surface area contributed by atoms with Crippen molar-refractivity contribution >= 4 is 22.6 Å². The molecule has 0 aliphatic rings. The molecule has 0 radical (unpaired) electrons. The van der Waals surface area contributed by atoms with Gasteiger partial charge in [-0.1, -0.05) is 42.5 Å². The second-order valence-corrected chi connectivity index (χ2v) is 6.22. The number of nitro benzene ring substituents is 1. The summed E-state index contributed by atoms with van der Waals surface area (Å²) in [6, 6.07) is 16.3. The van der Waals surface area contributed by atoms with Crippen LogP contribution in [0.5, 0.6) is 0 Å². The van der Waals surface area contributed by atoms with Crippen molar-refractivity contribution in [1.82, 2.24) is 0 Å². The van der Waals surface area contributed by atoms with E-state index in [1.54, 1.807) is 18.2 Å². The number of nitro groups is 1. The fraction of sp³-hybridized carbons (Fsp3) is 0. The van der Waals surface area contributed by atoms with E-state index in [2.05, 4.69) is 0 Å².